The first kappa shape index (κ1) is 15.8. The average Bonchev–Trinajstić information content (AvgIpc) is 2.96. The lowest BCUT2D eigenvalue weighted by Gasteiger charge is -2.41. The van der Waals surface area contributed by atoms with Gasteiger partial charge in [0, 0.05) is 11.1 Å². The van der Waals surface area contributed by atoms with Crippen LogP contribution in [0.4, 0.5) is 0 Å². The van der Waals surface area contributed by atoms with Crippen LogP contribution in [-0.2, 0) is 0 Å². The van der Waals surface area contributed by atoms with Gasteiger partial charge in [-0.25, -0.2) is 4.98 Å². The van der Waals surface area contributed by atoms with Crippen LogP contribution in [0.25, 0.3) is 16.7 Å². The van der Waals surface area contributed by atoms with Gasteiger partial charge in [-0.3, -0.25) is 4.57 Å². The van der Waals surface area contributed by atoms with E-state index in [4.69, 9.17) is 4.98 Å². The number of halogens is 1. The molecule has 1 aliphatic carbocycles. The molecule has 0 spiro atoms. The molecule has 1 unspecified atom stereocenters. The van der Waals surface area contributed by atoms with E-state index in [-0.39, 0.29) is 5.41 Å². The van der Waals surface area contributed by atoms with Gasteiger partial charge in [0.05, 0.1) is 11.0 Å². The molecule has 3 heteroatoms. The molecule has 118 valence electrons. The summed E-state index contributed by atoms with van der Waals surface area (Å²) in [5.74, 6) is 1.94. The SMILES string of the molecule is CC(C)C1CC=C(n2c(Br)nc3ccccc32)[C@@]1(C)C(C)C. The van der Waals surface area contributed by atoms with Crippen molar-refractivity contribution >= 4 is 32.7 Å². The van der Waals surface area contributed by atoms with Crippen molar-refractivity contribution in [3.05, 3.63) is 35.1 Å². The first-order valence-corrected chi connectivity index (χ1v) is 9.00. The van der Waals surface area contributed by atoms with Crippen LogP contribution in [0.15, 0.2) is 35.1 Å². The topological polar surface area (TPSA) is 17.8 Å². The number of para-hydroxylation sites is 2. The van der Waals surface area contributed by atoms with Crippen LogP contribution in [0.5, 0.6) is 0 Å². The summed E-state index contributed by atoms with van der Waals surface area (Å²) in [4.78, 5) is 4.69. The van der Waals surface area contributed by atoms with Crippen molar-refractivity contribution < 1.29 is 0 Å². The number of imidazole rings is 1. The first-order chi connectivity index (χ1) is 10.4. The van der Waals surface area contributed by atoms with Crippen molar-refractivity contribution in [3.63, 3.8) is 0 Å². The van der Waals surface area contributed by atoms with Gasteiger partial charge in [0.25, 0.3) is 0 Å². The first-order valence-electron chi connectivity index (χ1n) is 8.21. The van der Waals surface area contributed by atoms with E-state index in [1.165, 1.54) is 11.2 Å². The fourth-order valence-electron chi connectivity index (χ4n) is 4.14. The Morgan fingerprint density at radius 3 is 2.55 bits per heavy atom. The molecule has 0 saturated heterocycles. The Labute approximate surface area is 141 Å². The number of allylic oxidation sites excluding steroid dienone is 2. The van der Waals surface area contributed by atoms with E-state index in [0.29, 0.717) is 17.8 Å². The van der Waals surface area contributed by atoms with Crippen molar-refractivity contribution in [2.75, 3.05) is 0 Å². The van der Waals surface area contributed by atoms with Crippen molar-refractivity contribution in [2.24, 2.45) is 23.2 Å². The zero-order valence-electron chi connectivity index (χ0n) is 14.1. The van der Waals surface area contributed by atoms with Crippen LogP contribution >= 0.6 is 15.9 Å². The van der Waals surface area contributed by atoms with Gasteiger partial charge in [-0.2, -0.15) is 0 Å². The highest BCUT2D eigenvalue weighted by Crippen LogP contribution is 2.54. The Morgan fingerprint density at radius 2 is 1.91 bits per heavy atom. The summed E-state index contributed by atoms with van der Waals surface area (Å²) >= 11 is 3.69. The minimum Gasteiger partial charge on any atom is -0.291 e. The van der Waals surface area contributed by atoms with E-state index < -0.39 is 0 Å². The number of aromatic nitrogens is 2. The third kappa shape index (κ3) is 2.17. The van der Waals surface area contributed by atoms with Crippen molar-refractivity contribution in [3.8, 4) is 0 Å². The number of benzene rings is 1. The lowest BCUT2D eigenvalue weighted by molar-refractivity contribution is 0.153. The standard InChI is InChI=1S/C19H25BrN2/c1-12(2)14-10-11-17(19(14,5)13(3)4)22-16-9-7-6-8-15(16)21-18(22)20/h6-9,11-14H,10H2,1-5H3/t14?,19-/m0/s1. The Morgan fingerprint density at radius 1 is 1.23 bits per heavy atom. The number of rotatable bonds is 3. The summed E-state index contributed by atoms with van der Waals surface area (Å²) < 4.78 is 3.23. The molecule has 0 fully saturated rings. The highest BCUT2D eigenvalue weighted by atomic mass is 79.9. The van der Waals surface area contributed by atoms with E-state index in [1.807, 2.05) is 6.07 Å². The Kier molecular flexibility index (Phi) is 3.96. The molecule has 22 heavy (non-hydrogen) atoms. The molecule has 1 aromatic carbocycles. The van der Waals surface area contributed by atoms with E-state index in [9.17, 15) is 0 Å². The molecule has 1 heterocycles. The normalized spacial score (nSPS) is 25.5. The fourth-order valence-corrected chi connectivity index (χ4v) is 4.71. The van der Waals surface area contributed by atoms with Gasteiger partial charge in [-0.1, -0.05) is 52.8 Å². The minimum absolute atomic E-state index is 0.167. The van der Waals surface area contributed by atoms with Gasteiger partial charge in [0.1, 0.15) is 0 Å². The highest BCUT2D eigenvalue weighted by Gasteiger charge is 2.46. The van der Waals surface area contributed by atoms with E-state index in [2.05, 4.69) is 79.4 Å². The van der Waals surface area contributed by atoms with Gasteiger partial charge in [0.2, 0.25) is 0 Å². The molecule has 0 bridgehead atoms. The van der Waals surface area contributed by atoms with Crippen LogP contribution in [0.1, 0.15) is 41.0 Å². The molecule has 1 aliphatic rings. The van der Waals surface area contributed by atoms with E-state index in [1.54, 1.807) is 0 Å². The second kappa shape index (κ2) is 5.52. The van der Waals surface area contributed by atoms with Gasteiger partial charge in [0.15, 0.2) is 4.73 Å². The van der Waals surface area contributed by atoms with Gasteiger partial charge in [-0.05, 0) is 52.2 Å². The Balaban J connectivity index is 2.20. The smallest absolute Gasteiger partial charge is 0.182 e. The molecule has 0 radical (unpaired) electrons. The van der Waals surface area contributed by atoms with Gasteiger partial charge in [-0.15, -0.1) is 0 Å². The monoisotopic (exact) mass is 360 g/mol. The number of hydrogen-bond donors (Lipinski definition) is 0. The van der Waals surface area contributed by atoms with Gasteiger partial charge >= 0.3 is 0 Å². The maximum atomic E-state index is 4.69. The molecule has 0 saturated carbocycles. The molecule has 0 aliphatic heterocycles. The maximum absolute atomic E-state index is 4.69. The Bertz CT molecular complexity index is 726. The molecule has 0 N–H and O–H groups in total. The predicted molar refractivity (Wildman–Crippen MR) is 97.6 cm³/mol. The van der Waals surface area contributed by atoms with Crippen LogP contribution in [0.2, 0.25) is 0 Å². The zero-order valence-corrected chi connectivity index (χ0v) is 15.7. The number of fused-ring (bicyclic) bond motifs is 1. The summed E-state index contributed by atoms with van der Waals surface area (Å²) in [6.07, 6.45) is 3.59. The van der Waals surface area contributed by atoms with Crippen molar-refractivity contribution in [2.45, 2.75) is 41.0 Å². The average molecular weight is 361 g/mol. The summed E-state index contributed by atoms with van der Waals surface area (Å²) in [5, 5.41) is 0. The number of nitrogens with zero attached hydrogens (tertiary/aromatic N) is 2. The van der Waals surface area contributed by atoms with Crippen LogP contribution in [0, 0.1) is 23.2 Å². The van der Waals surface area contributed by atoms with E-state index >= 15 is 0 Å². The van der Waals surface area contributed by atoms with Gasteiger partial charge < -0.3 is 0 Å². The largest absolute Gasteiger partial charge is 0.291 e. The molecular weight excluding hydrogens is 336 g/mol. The van der Waals surface area contributed by atoms with Crippen molar-refractivity contribution in [1.82, 2.24) is 9.55 Å². The molecular formula is C19H25BrN2. The summed E-state index contributed by atoms with van der Waals surface area (Å²) in [6, 6.07) is 8.39. The van der Waals surface area contributed by atoms with E-state index in [0.717, 1.165) is 16.7 Å². The third-order valence-electron chi connectivity index (χ3n) is 5.65. The lowest BCUT2D eigenvalue weighted by atomic mass is 9.66. The third-order valence-corrected chi connectivity index (χ3v) is 6.18. The molecule has 2 atom stereocenters. The van der Waals surface area contributed by atoms with Crippen LogP contribution < -0.4 is 0 Å². The van der Waals surface area contributed by atoms with Crippen molar-refractivity contribution in [1.29, 1.82) is 0 Å². The second-order valence-corrected chi connectivity index (χ2v) is 8.03. The fraction of sp³-hybridized carbons (Fsp3) is 0.526. The molecule has 0 amide bonds. The summed E-state index contributed by atoms with van der Waals surface area (Å²) in [5.41, 5.74) is 3.81. The highest BCUT2D eigenvalue weighted by molar-refractivity contribution is 9.10. The quantitative estimate of drug-likeness (QED) is 0.658. The number of hydrogen-bond acceptors (Lipinski definition) is 1. The molecule has 2 aromatic rings. The zero-order chi connectivity index (χ0) is 16.1. The lowest BCUT2D eigenvalue weighted by Crippen LogP contribution is -2.35. The van der Waals surface area contributed by atoms with Crippen LogP contribution in [-0.4, -0.2) is 9.55 Å². The summed E-state index contributed by atoms with van der Waals surface area (Å²) in [7, 11) is 0. The predicted octanol–water partition coefficient (Wildman–Crippen LogP) is 5.98. The Hall–Kier alpha value is -1.09. The second-order valence-electron chi connectivity index (χ2n) is 7.32. The molecule has 3 rings (SSSR count). The maximum Gasteiger partial charge on any atom is 0.182 e. The molecule has 2 nitrogen and oxygen atoms in total. The molecule has 1 aromatic heterocycles. The van der Waals surface area contributed by atoms with Crippen LogP contribution in [0.3, 0.4) is 0 Å². The summed E-state index contributed by atoms with van der Waals surface area (Å²) in [6.45, 7) is 11.8. The minimum atomic E-state index is 0.167.